The normalized spacial score (nSPS) is 24.9. The van der Waals surface area contributed by atoms with Crippen LogP contribution in [0.25, 0.3) is 10.8 Å². The first-order valence-electron chi connectivity index (χ1n) is 6.54. The maximum atomic E-state index is 11.2. The van der Waals surface area contributed by atoms with Gasteiger partial charge in [-0.05, 0) is 51.2 Å². The molecule has 0 amide bonds. The number of rotatable bonds is 2. The van der Waals surface area contributed by atoms with Gasteiger partial charge in [0.05, 0.1) is 6.42 Å². The van der Waals surface area contributed by atoms with Gasteiger partial charge in [-0.2, -0.15) is 0 Å². The maximum absolute atomic E-state index is 11.2. The number of benzene rings is 2. The third kappa shape index (κ3) is 2.06. The summed E-state index contributed by atoms with van der Waals surface area (Å²) in [4.78, 5) is 12.3. The number of aliphatic carboxylic acids is 1. The minimum absolute atomic E-state index is 0.177. The van der Waals surface area contributed by atoms with Gasteiger partial charge >= 0.3 is 5.97 Å². The van der Waals surface area contributed by atoms with Crippen LogP contribution in [-0.2, 0) is 4.79 Å². The van der Waals surface area contributed by atoms with Crippen molar-refractivity contribution in [1.29, 1.82) is 0 Å². The third-order valence-corrected chi connectivity index (χ3v) is 6.88. The van der Waals surface area contributed by atoms with E-state index in [9.17, 15) is 4.79 Å². The molecular weight excluding hydrogens is 336 g/mol. The number of thioether (sulfide) groups is 1. The Morgan fingerprint density at radius 2 is 2.15 bits per heavy atom. The topological polar surface area (TPSA) is 37.3 Å². The number of carboxylic acids is 1. The Kier molecular flexibility index (Phi) is 3.33. The van der Waals surface area contributed by atoms with Gasteiger partial charge in [0, 0.05) is 14.1 Å². The molecular formula is C16H15BrO2S. The molecule has 1 heterocycles. The predicted molar refractivity (Wildman–Crippen MR) is 86.6 cm³/mol. The average Bonchev–Trinajstić information content (AvgIpc) is 2.63. The van der Waals surface area contributed by atoms with E-state index in [1.807, 2.05) is 19.1 Å². The zero-order chi connectivity index (χ0) is 14.5. The van der Waals surface area contributed by atoms with E-state index in [0.29, 0.717) is 0 Å². The first kappa shape index (κ1) is 14.0. The van der Waals surface area contributed by atoms with E-state index in [-0.39, 0.29) is 17.1 Å². The molecule has 3 rings (SSSR count). The summed E-state index contributed by atoms with van der Waals surface area (Å²) in [5, 5.41) is 11.6. The van der Waals surface area contributed by atoms with E-state index in [1.165, 1.54) is 21.2 Å². The second kappa shape index (κ2) is 4.78. The van der Waals surface area contributed by atoms with E-state index in [1.54, 1.807) is 11.8 Å². The molecule has 1 aliphatic rings. The van der Waals surface area contributed by atoms with Crippen molar-refractivity contribution in [3.8, 4) is 0 Å². The molecule has 1 N–H and O–H groups in total. The third-order valence-electron chi connectivity index (χ3n) is 4.19. The molecule has 2 aromatic rings. The number of hydrogen-bond donors (Lipinski definition) is 1. The Bertz CT molecular complexity index is 713. The van der Waals surface area contributed by atoms with Gasteiger partial charge in [-0.15, -0.1) is 11.8 Å². The minimum Gasteiger partial charge on any atom is -0.481 e. The number of halogens is 1. The summed E-state index contributed by atoms with van der Waals surface area (Å²) in [5.74, 6) is -0.514. The van der Waals surface area contributed by atoms with E-state index in [2.05, 4.69) is 41.1 Å². The molecule has 0 saturated heterocycles. The molecule has 0 bridgehead atoms. The lowest BCUT2D eigenvalue weighted by molar-refractivity contribution is -0.137. The molecule has 0 aromatic heterocycles. The van der Waals surface area contributed by atoms with Gasteiger partial charge < -0.3 is 5.11 Å². The largest absolute Gasteiger partial charge is 0.481 e. The van der Waals surface area contributed by atoms with Crippen LogP contribution in [0.1, 0.15) is 31.7 Å². The molecule has 0 aliphatic carbocycles. The zero-order valence-corrected chi connectivity index (χ0v) is 13.7. The fourth-order valence-corrected chi connectivity index (χ4v) is 5.22. The van der Waals surface area contributed by atoms with Crippen LogP contribution in [0.2, 0.25) is 0 Å². The Morgan fingerprint density at radius 3 is 2.85 bits per heavy atom. The second-order valence-corrected chi connectivity index (χ2v) is 7.87. The number of hydrogen-bond acceptors (Lipinski definition) is 2. The molecule has 104 valence electrons. The SMILES string of the molecule is CC1c2cc3ccccc3c(Br)c2SC1(C)CC(=O)O. The summed E-state index contributed by atoms with van der Waals surface area (Å²) in [5.41, 5.74) is 1.25. The molecule has 2 unspecified atom stereocenters. The van der Waals surface area contributed by atoms with Crippen molar-refractivity contribution in [2.75, 3.05) is 0 Å². The molecule has 0 saturated carbocycles. The molecule has 4 heteroatoms. The highest BCUT2D eigenvalue weighted by molar-refractivity contribution is 9.10. The van der Waals surface area contributed by atoms with Crippen LogP contribution in [0.3, 0.4) is 0 Å². The summed E-state index contributed by atoms with van der Waals surface area (Å²) in [6, 6.07) is 10.5. The van der Waals surface area contributed by atoms with Crippen LogP contribution in [-0.4, -0.2) is 15.8 Å². The van der Waals surface area contributed by atoms with Gasteiger partial charge in [0.15, 0.2) is 0 Å². The Morgan fingerprint density at radius 1 is 1.45 bits per heavy atom. The smallest absolute Gasteiger partial charge is 0.304 e. The number of fused-ring (bicyclic) bond motifs is 2. The Balaban J connectivity index is 2.18. The molecule has 0 spiro atoms. The lowest BCUT2D eigenvalue weighted by atomic mass is 9.85. The second-order valence-electron chi connectivity index (χ2n) is 5.54. The molecule has 20 heavy (non-hydrogen) atoms. The standard InChI is InChI=1S/C16H15BrO2S/c1-9-12-7-10-5-3-4-6-11(10)14(17)15(12)20-16(9,2)8-13(18)19/h3-7,9H,8H2,1-2H3,(H,18,19). The molecule has 2 nitrogen and oxygen atoms in total. The van der Waals surface area contributed by atoms with Gasteiger partial charge in [-0.1, -0.05) is 31.2 Å². The summed E-state index contributed by atoms with van der Waals surface area (Å²) in [6.07, 6.45) is 0.177. The van der Waals surface area contributed by atoms with E-state index in [0.717, 1.165) is 4.47 Å². The van der Waals surface area contributed by atoms with Crippen molar-refractivity contribution in [1.82, 2.24) is 0 Å². The molecule has 2 aromatic carbocycles. The first-order chi connectivity index (χ1) is 9.42. The van der Waals surface area contributed by atoms with Crippen LogP contribution in [0, 0.1) is 0 Å². The van der Waals surface area contributed by atoms with Gasteiger partial charge in [0.2, 0.25) is 0 Å². The average molecular weight is 351 g/mol. The molecule has 1 aliphatic heterocycles. The van der Waals surface area contributed by atoms with Gasteiger partial charge in [0.25, 0.3) is 0 Å². The van der Waals surface area contributed by atoms with Gasteiger partial charge in [0.1, 0.15) is 0 Å². The minimum atomic E-state index is -0.736. The van der Waals surface area contributed by atoms with Crippen molar-refractivity contribution >= 4 is 44.4 Å². The van der Waals surface area contributed by atoms with Crippen LogP contribution >= 0.6 is 27.7 Å². The van der Waals surface area contributed by atoms with Gasteiger partial charge in [-0.3, -0.25) is 4.79 Å². The fourth-order valence-electron chi connectivity index (χ4n) is 2.87. The van der Waals surface area contributed by atoms with E-state index >= 15 is 0 Å². The molecule has 0 radical (unpaired) electrons. The van der Waals surface area contributed by atoms with Crippen molar-refractivity contribution in [3.05, 3.63) is 40.4 Å². The molecule has 0 fully saturated rings. The molecule has 2 atom stereocenters. The zero-order valence-electron chi connectivity index (χ0n) is 11.3. The fraction of sp³-hybridized carbons (Fsp3) is 0.312. The highest BCUT2D eigenvalue weighted by atomic mass is 79.9. The Hall–Kier alpha value is -1.00. The highest BCUT2D eigenvalue weighted by Gasteiger charge is 2.43. The number of carboxylic acid groups (broad SMARTS) is 1. The number of carbonyl (C=O) groups is 1. The van der Waals surface area contributed by atoms with Crippen molar-refractivity contribution in [2.45, 2.75) is 35.8 Å². The van der Waals surface area contributed by atoms with Crippen molar-refractivity contribution in [2.24, 2.45) is 0 Å². The summed E-state index contributed by atoms with van der Waals surface area (Å²) in [7, 11) is 0. The van der Waals surface area contributed by atoms with Crippen molar-refractivity contribution < 1.29 is 9.90 Å². The van der Waals surface area contributed by atoms with Crippen LogP contribution in [0.15, 0.2) is 39.7 Å². The monoisotopic (exact) mass is 350 g/mol. The van der Waals surface area contributed by atoms with Crippen LogP contribution in [0.4, 0.5) is 0 Å². The van der Waals surface area contributed by atoms with Crippen LogP contribution < -0.4 is 0 Å². The van der Waals surface area contributed by atoms with Gasteiger partial charge in [-0.25, -0.2) is 0 Å². The quantitative estimate of drug-likeness (QED) is 0.823. The lowest BCUT2D eigenvalue weighted by Crippen LogP contribution is -2.26. The lowest BCUT2D eigenvalue weighted by Gasteiger charge is -2.26. The maximum Gasteiger partial charge on any atom is 0.304 e. The summed E-state index contributed by atoms with van der Waals surface area (Å²) in [6.45, 7) is 4.18. The van der Waals surface area contributed by atoms with E-state index < -0.39 is 5.97 Å². The summed E-state index contributed by atoms with van der Waals surface area (Å²) < 4.78 is 0.810. The van der Waals surface area contributed by atoms with Crippen molar-refractivity contribution in [3.63, 3.8) is 0 Å². The van der Waals surface area contributed by atoms with E-state index in [4.69, 9.17) is 5.11 Å². The predicted octanol–water partition coefficient (Wildman–Crippen LogP) is 5.04. The highest BCUT2D eigenvalue weighted by Crippen LogP contribution is 2.57. The summed E-state index contributed by atoms with van der Waals surface area (Å²) >= 11 is 5.40. The Labute approximate surface area is 130 Å². The van der Waals surface area contributed by atoms with Crippen LogP contribution in [0.5, 0.6) is 0 Å². The first-order valence-corrected chi connectivity index (χ1v) is 8.15.